The number of hydrogen-bond donors (Lipinski definition) is 1. The topological polar surface area (TPSA) is 62.3 Å². The van der Waals surface area contributed by atoms with Gasteiger partial charge in [-0.3, -0.25) is 4.68 Å². The van der Waals surface area contributed by atoms with Crippen LogP contribution in [0.4, 0.5) is 5.82 Å². The molecule has 1 heterocycles. The number of aromatic nitrogens is 2. The summed E-state index contributed by atoms with van der Waals surface area (Å²) in [6.07, 6.45) is 1.71. The smallest absolute Gasteiger partial charge is 0.168 e. The van der Waals surface area contributed by atoms with E-state index in [0.29, 0.717) is 17.3 Å². The van der Waals surface area contributed by atoms with E-state index < -0.39 is 0 Å². The third-order valence-corrected chi connectivity index (χ3v) is 2.68. The van der Waals surface area contributed by atoms with Crippen LogP contribution in [0, 0.1) is 0 Å². The van der Waals surface area contributed by atoms with Crippen molar-refractivity contribution in [2.24, 2.45) is 7.05 Å². The van der Waals surface area contributed by atoms with Crippen molar-refractivity contribution >= 4 is 5.82 Å². The zero-order valence-corrected chi connectivity index (χ0v) is 10.1. The quantitative estimate of drug-likeness (QED) is 0.876. The van der Waals surface area contributed by atoms with E-state index in [-0.39, 0.29) is 0 Å². The highest BCUT2D eigenvalue weighted by atomic mass is 16.5. The Balaban J connectivity index is 2.63. The molecule has 1 aromatic carbocycles. The Morgan fingerprint density at radius 2 is 1.94 bits per heavy atom. The van der Waals surface area contributed by atoms with Crippen molar-refractivity contribution < 1.29 is 9.47 Å². The van der Waals surface area contributed by atoms with Crippen LogP contribution in [0.5, 0.6) is 11.5 Å². The predicted octanol–water partition coefficient (Wildman–Crippen LogP) is 1.69. The molecular weight excluding hydrogens is 218 g/mol. The lowest BCUT2D eigenvalue weighted by Gasteiger charge is -2.11. The molecule has 0 saturated carbocycles. The summed E-state index contributed by atoms with van der Waals surface area (Å²) < 4.78 is 12.2. The molecule has 2 N–H and O–H groups in total. The maximum Gasteiger partial charge on any atom is 0.168 e. The predicted molar refractivity (Wildman–Crippen MR) is 66.2 cm³/mol. The fraction of sp³-hybridized carbons (Fsp3) is 0.250. The molecule has 0 saturated heterocycles. The Bertz CT molecular complexity index is 535. The van der Waals surface area contributed by atoms with E-state index in [1.807, 2.05) is 18.2 Å². The van der Waals surface area contributed by atoms with Crippen molar-refractivity contribution in [1.82, 2.24) is 9.78 Å². The van der Waals surface area contributed by atoms with Crippen LogP contribution < -0.4 is 15.2 Å². The van der Waals surface area contributed by atoms with Crippen molar-refractivity contribution in [3.63, 3.8) is 0 Å². The molecular formula is C12H15N3O2. The highest BCUT2D eigenvalue weighted by molar-refractivity contribution is 5.80. The highest BCUT2D eigenvalue weighted by Crippen LogP contribution is 2.39. The number of aryl methyl sites for hydroxylation is 1. The molecule has 0 aliphatic carbocycles. The molecule has 0 atom stereocenters. The second kappa shape index (κ2) is 4.37. The first kappa shape index (κ1) is 11.3. The number of ether oxygens (including phenoxy) is 2. The number of nitrogens with zero attached hydrogens (tertiary/aromatic N) is 2. The minimum atomic E-state index is 0.594. The van der Waals surface area contributed by atoms with Crippen molar-refractivity contribution in [3.8, 4) is 22.6 Å². The van der Waals surface area contributed by atoms with E-state index in [9.17, 15) is 0 Å². The Hall–Kier alpha value is -2.17. The SMILES string of the molecule is COc1cccc(-c2cnn(C)c2N)c1OC. The average Bonchev–Trinajstić information content (AvgIpc) is 2.69. The van der Waals surface area contributed by atoms with E-state index >= 15 is 0 Å². The summed E-state index contributed by atoms with van der Waals surface area (Å²) in [5, 5.41) is 4.12. The molecule has 0 fully saturated rings. The molecule has 2 rings (SSSR count). The first-order chi connectivity index (χ1) is 8.19. The summed E-state index contributed by atoms with van der Waals surface area (Å²) >= 11 is 0. The third-order valence-electron chi connectivity index (χ3n) is 2.68. The van der Waals surface area contributed by atoms with E-state index in [4.69, 9.17) is 15.2 Å². The van der Waals surface area contributed by atoms with Gasteiger partial charge in [-0.25, -0.2) is 0 Å². The molecule has 5 heteroatoms. The number of nitrogen functional groups attached to an aromatic ring is 1. The van der Waals surface area contributed by atoms with Gasteiger partial charge in [0.2, 0.25) is 0 Å². The van der Waals surface area contributed by atoms with Gasteiger partial charge in [0, 0.05) is 18.2 Å². The van der Waals surface area contributed by atoms with E-state index in [2.05, 4.69) is 5.10 Å². The van der Waals surface area contributed by atoms with Crippen molar-refractivity contribution in [3.05, 3.63) is 24.4 Å². The Morgan fingerprint density at radius 3 is 2.47 bits per heavy atom. The first-order valence-electron chi connectivity index (χ1n) is 5.18. The largest absolute Gasteiger partial charge is 0.493 e. The molecule has 0 unspecified atom stereocenters. The summed E-state index contributed by atoms with van der Waals surface area (Å²) in [6, 6.07) is 5.66. The zero-order chi connectivity index (χ0) is 12.4. The molecule has 0 aliphatic heterocycles. The maximum atomic E-state index is 5.95. The average molecular weight is 233 g/mol. The van der Waals surface area contributed by atoms with Gasteiger partial charge in [-0.1, -0.05) is 12.1 Å². The van der Waals surface area contributed by atoms with E-state index in [1.165, 1.54) is 0 Å². The Labute approximate surface area is 99.8 Å². The molecule has 17 heavy (non-hydrogen) atoms. The van der Waals surface area contributed by atoms with Crippen LogP contribution in [0.1, 0.15) is 0 Å². The van der Waals surface area contributed by atoms with Gasteiger partial charge >= 0.3 is 0 Å². The van der Waals surface area contributed by atoms with Gasteiger partial charge < -0.3 is 15.2 Å². The minimum absolute atomic E-state index is 0.594. The molecule has 1 aromatic heterocycles. The van der Waals surface area contributed by atoms with Crippen molar-refractivity contribution in [1.29, 1.82) is 0 Å². The number of hydrogen-bond acceptors (Lipinski definition) is 4. The fourth-order valence-electron chi connectivity index (χ4n) is 1.75. The summed E-state index contributed by atoms with van der Waals surface area (Å²) in [5.41, 5.74) is 7.66. The fourth-order valence-corrected chi connectivity index (χ4v) is 1.75. The standard InChI is InChI=1S/C12H15N3O2/c1-15-12(13)9(7-14-15)8-5-4-6-10(16-2)11(8)17-3/h4-7H,13H2,1-3H3. The minimum Gasteiger partial charge on any atom is -0.493 e. The van der Waals surface area contributed by atoms with Crippen LogP contribution in [0.2, 0.25) is 0 Å². The molecule has 0 bridgehead atoms. The van der Waals surface area contributed by atoms with Crippen molar-refractivity contribution in [2.45, 2.75) is 0 Å². The molecule has 0 spiro atoms. The van der Waals surface area contributed by atoms with Crippen LogP contribution in [0.25, 0.3) is 11.1 Å². The van der Waals surface area contributed by atoms with Crippen LogP contribution in [0.15, 0.2) is 24.4 Å². The molecule has 0 amide bonds. The monoisotopic (exact) mass is 233 g/mol. The number of para-hydroxylation sites is 1. The van der Waals surface area contributed by atoms with Crippen molar-refractivity contribution in [2.75, 3.05) is 20.0 Å². The van der Waals surface area contributed by atoms with E-state index in [0.717, 1.165) is 11.1 Å². The van der Waals surface area contributed by atoms with Gasteiger partial charge in [-0.2, -0.15) is 5.10 Å². The van der Waals surface area contributed by atoms with Gasteiger partial charge in [0.25, 0.3) is 0 Å². The normalized spacial score (nSPS) is 10.3. The van der Waals surface area contributed by atoms with Crippen LogP contribution >= 0.6 is 0 Å². The van der Waals surface area contributed by atoms with Crippen LogP contribution in [-0.4, -0.2) is 24.0 Å². The summed E-state index contributed by atoms with van der Waals surface area (Å²) in [5.74, 6) is 1.93. The number of methoxy groups -OCH3 is 2. The Morgan fingerprint density at radius 1 is 1.18 bits per heavy atom. The number of anilines is 1. The molecule has 5 nitrogen and oxygen atoms in total. The first-order valence-corrected chi connectivity index (χ1v) is 5.18. The van der Waals surface area contributed by atoms with Gasteiger partial charge in [0.15, 0.2) is 11.5 Å². The van der Waals surface area contributed by atoms with Crippen LogP contribution in [-0.2, 0) is 7.05 Å². The van der Waals surface area contributed by atoms with E-state index in [1.54, 1.807) is 32.1 Å². The summed E-state index contributed by atoms with van der Waals surface area (Å²) in [4.78, 5) is 0. The highest BCUT2D eigenvalue weighted by Gasteiger charge is 2.15. The second-order valence-corrected chi connectivity index (χ2v) is 3.61. The molecule has 0 aliphatic rings. The van der Waals surface area contributed by atoms with Gasteiger partial charge in [-0.15, -0.1) is 0 Å². The lowest BCUT2D eigenvalue weighted by Crippen LogP contribution is -1.99. The molecule has 2 aromatic rings. The molecule has 0 radical (unpaired) electrons. The summed E-state index contributed by atoms with van der Waals surface area (Å²) in [6.45, 7) is 0. The van der Waals surface area contributed by atoms with Gasteiger partial charge in [-0.05, 0) is 6.07 Å². The number of nitrogens with two attached hydrogens (primary N) is 1. The van der Waals surface area contributed by atoms with Crippen LogP contribution in [0.3, 0.4) is 0 Å². The maximum absolute atomic E-state index is 5.95. The second-order valence-electron chi connectivity index (χ2n) is 3.61. The zero-order valence-electron chi connectivity index (χ0n) is 10.1. The third kappa shape index (κ3) is 1.80. The Kier molecular flexibility index (Phi) is 2.91. The van der Waals surface area contributed by atoms with Gasteiger partial charge in [0.1, 0.15) is 5.82 Å². The number of benzene rings is 1. The number of rotatable bonds is 3. The molecule has 90 valence electrons. The van der Waals surface area contributed by atoms with Gasteiger partial charge in [0.05, 0.1) is 20.4 Å². The lowest BCUT2D eigenvalue weighted by atomic mass is 10.1. The summed E-state index contributed by atoms with van der Waals surface area (Å²) in [7, 11) is 5.01. The lowest BCUT2D eigenvalue weighted by molar-refractivity contribution is 0.356.